The SMILES string of the molecule is CC1COc2c1ccnc2-c1ccc(F)cc1. The molecule has 17 heavy (non-hydrogen) atoms. The van der Waals surface area contributed by atoms with E-state index in [0.29, 0.717) is 12.5 Å². The summed E-state index contributed by atoms with van der Waals surface area (Å²) in [5.74, 6) is 0.995. The fraction of sp³-hybridized carbons (Fsp3) is 0.214. The van der Waals surface area contributed by atoms with Gasteiger partial charge >= 0.3 is 0 Å². The molecule has 0 aliphatic carbocycles. The summed E-state index contributed by atoms with van der Waals surface area (Å²) in [6.07, 6.45) is 1.78. The van der Waals surface area contributed by atoms with Crippen molar-refractivity contribution in [3.05, 3.63) is 47.9 Å². The highest BCUT2D eigenvalue weighted by molar-refractivity contribution is 5.69. The van der Waals surface area contributed by atoms with E-state index < -0.39 is 0 Å². The molecule has 0 radical (unpaired) electrons. The van der Waals surface area contributed by atoms with Crippen LogP contribution in [0.25, 0.3) is 11.3 Å². The number of nitrogens with zero attached hydrogens (tertiary/aromatic N) is 1. The second kappa shape index (κ2) is 3.84. The van der Waals surface area contributed by atoms with Gasteiger partial charge in [-0.2, -0.15) is 0 Å². The topological polar surface area (TPSA) is 22.1 Å². The van der Waals surface area contributed by atoms with Crippen molar-refractivity contribution in [3.63, 3.8) is 0 Å². The predicted octanol–water partition coefficient (Wildman–Crippen LogP) is 3.38. The van der Waals surface area contributed by atoms with Crippen molar-refractivity contribution in [3.8, 4) is 17.0 Å². The molecule has 0 bridgehead atoms. The molecule has 1 aliphatic rings. The molecule has 3 rings (SSSR count). The lowest BCUT2D eigenvalue weighted by atomic mass is 10.0. The molecule has 1 aromatic heterocycles. The van der Waals surface area contributed by atoms with Crippen LogP contribution in [0.5, 0.6) is 5.75 Å². The van der Waals surface area contributed by atoms with Crippen molar-refractivity contribution >= 4 is 0 Å². The number of aromatic nitrogens is 1. The summed E-state index contributed by atoms with van der Waals surface area (Å²) in [4.78, 5) is 4.34. The normalized spacial score (nSPS) is 17.6. The highest BCUT2D eigenvalue weighted by Gasteiger charge is 2.24. The van der Waals surface area contributed by atoms with Crippen LogP contribution in [0.15, 0.2) is 36.5 Å². The molecule has 0 N–H and O–H groups in total. The molecule has 86 valence electrons. The van der Waals surface area contributed by atoms with Gasteiger partial charge in [0.2, 0.25) is 0 Å². The molecule has 0 saturated carbocycles. The average molecular weight is 229 g/mol. The Hall–Kier alpha value is -1.90. The van der Waals surface area contributed by atoms with Gasteiger partial charge in [0, 0.05) is 23.2 Å². The minimum absolute atomic E-state index is 0.240. The fourth-order valence-corrected chi connectivity index (χ4v) is 2.11. The lowest BCUT2D eigenvalue weighted by Gasteiger charge is -2.06. The van der Waals surface area contributed by atoms with Gasteiger partial charge in [-0.05, 0) is 30.3 Å². The van der Waals surface area contributed by atoms with Crippen molar-refractivity contribution in [1.82, 2.24) is 4.98 Å². The third-order valence-corrected chi connectivity index (χ3v) is 3.06. The Morgan fingerprint density at radius 1 is 1.24 bits per heavy atom. The minimum atomic E-state index is -0.240. The Labute approximate surface area is 99.1 Å². The zero-order chi connectivity index (χ0) is 11.8. The minimum Gasteiger partial charge on any atom is -0.490 e. The van der Waals surface area contributed by atoms with Gasteiger partial charge in [-0.1, -0.05) is 6.92 Å². The van der Waals surface area contributed by atoms with Gasteiger partial charge in [0.15, 0.2) is 0 Å². The smallest absolute Gasteiger partial charge is 0.149 e. The van der Waals surface area contributed by atoms with Crippen molar-refractivity contribution in [2.45, 2.75) is 12.8 Å². The molecule has 1 aliphatic heterocycles. The summed E-state index contributed by atoms with van der Waals surface area (Å²) in [7, 11) is 0. The Morgan fingerprint density at radius 3 is 2.76 bits per heavy atom. The van der Waals surface area contributed by atoms with Crippen LogP contribution in [0.1, 0.15) is 18.4 Å². The number of halogens is 1. The Morgan fingerprint density at radius 2 is 2.00 bits per heavy atom. The highest BCUT2D eigenvalue weighted by atomic mass is 19.1. The summed E-state index contributed by atoms with van der Waals surface area (Å²) in [5.41, 5.74) is 2.86. The van der Waals surface area contributed by atoms with Crippen LogP contribution in [0, 0.1) is 5.82 Å². The quantitative estimate of drug-likeness (QED) is 0.747. The first-order chi connectivity index (χ1) is 8.25. The molecular weight excluding hydrogens is 217 g/mol. The third-order valence-electron chi connectivity index (χ3n) is 3.06. The molecule has 1 aromatic carbocycles. The molecule has 2 aromatic rings. The lowest BCUT2D eigenvalue weighted by Crippen LogP contribution is -1.93. The van der Waals surface area contributed by atoms with E-state index in [4.69, 9.17) is 4.74 Å². The van der Waals surface area contributed by atoms with Crippen LogP contribution in [-0.4, -0.2) is 11.6 Å². The number of rotatable bonds is 1. The first-order valence-electron chi connectivity index (χ1n) is 5.63. The first kappa shape index (κ1) is 10.3. The van der Waals surface area contributed by atoms with Crippen molar-refractivity contribution in [2.24, 2.45) is 0 Å². The van der Waals surface area contributed by atoms with Gasteiger partial charge in [0.05, 0.1) is 6.61 Å². The molecule has 3 heteroatoms. The van der Waals surface area contributed by atoms with Crippen LogP contribution >= 0.6 is 0 Å². The van der Waals surface area contributed by atoms with Crippen molar-refractivity contribution in [2.75, 3.05) is 6.61 Å². The molecule has 0 amide bonds. The van der Waals surface area contributed by atoms with Crippen LogP contribution in [0.2, 0.25) is 0 Å². The zero-order valence-electron chi connectivity index (χ0n) is 9.48. The van der Waals surface area contributed by atoms with E-state index in [9.17, 15) is 4.39 Å². The predicted molar refractivity (Wildman–Crippen MR) is 63.5 cm³/mol. The van der Waals surface area contributed by atoms with Gasteiger partial charge in [-0.15, -0.1) is 0 Å². The number of hydrogen-bond donors (Lipinski definition) is 0. The van der Waals surface area contributed by atoms with E-state index >= 15 is 0 Å². The monoisotopic (exact) mass is 229 g/mol. The van der Waals surface area contributed by atoms with Crippen LogP contribution in [0.4, 0.5) is 4.39 Å². The number of pyridine rings is 1. The second-order valence-electron chi connectivity index (χ2n) is 4.30. The second-order valence-corrected chi connectivity index (χ2v) is 4.30. The van der Waals surface area contributed by atoms with E-state index in [2.05, 4.69) is 11.9 Å². The number of hydrogen-bond acceptors (Lipinski definition) is 2. The largest absolute Gasteiger partial charge is 0.490 e. The number of fused-ring (bicyclic) bond motifs is 1. The van der Waals surface area contributed by atoms with Crippen LogP contribution in [0.3, 0.4) is 0 Å². The summed E-state index contributed by atoms with van der Waals surface area (Å²) in [6.45, 7) is 2.81. The Bertz CT molecular complexity index is 551. The van der Waals surface area contributed by atoms with E-state index in [1.54, 1.807) is 18.3 Å². The summed E-state index contributed by atoms with van der Waals surface area (Å²) in [6, 6.07) is 8.32. The zero-order valence-corrected chi connectivity index (χ0v) is 9.48. The standard InChI is InChI=1S/C14H12FNO/c1-9-8-17-14-12(9)6-7-16-13(14)10-2-4-11(15)5-3-10/h2-7,9H,8H2,1H3. The van der Waals surface area contributed by atoms with Crippen molar-refractivity contribution in [1.29, 1.82) is 0 Å². The average Bonchev–Trinajstić information content (AvgIpc) is 2.73. The van der Waals surface area contributed by atoms with Gasteiger partial charge in [0.25, 0.3) is 0 Å². The number of ether oxygens (including phenoxy) is 1. The van der Waals surface area contributed by atoms with Crippen LogP contribution < -0.4 is 4.74 Å². The van der Waals surface area contributed by atoms with E-state index in [1.807, 2.05) is 6.07 Å². The fourth-order valence-electron chi connectivity index (χ4n) is 2.11. The third kappa shape index (κ3) is 1.68. The maximum absolute atomic E-state index is 12.9. The first-order valence-corrected chi connectivity index (χ1v) is 5.63. The summed E-state index contributed by atoms with van der Waals surface area (Å²) >= 11 is 0. The van der Waals surface area contributed by atoms with E-state index in [-0.39, 0.29) is 5.82 Å². The Balaban J connectivity index is 2.13. The Kier molecular flexibility index (Phi) is 2.32. The van der Waals surface area contributed by atoms with Gasteiger partial charge < -0.3 is 4.74 Å². The van der Waals surface area contributed by atoms with E-state index in [0.717, 1.165) is 17.0 Å². The highest BCUT2D eigenvalue weighted by Crippen LogP contribution is 2.39. The van der Waals surface area contributed by atoms with Gasteiger partial charge in [-0.25, -0.2) is 4.39 Å². The molecule has 1 atom stereocenters. The number of benzene rings is 1. The van der Waals surface area contributed by atoms with Gasteiger partial charge in [0.1, 0.15) is 17.3 Å². The summed E-state index contributed by atoms with van der Waals surface area (Å²) in [5, 5.41) is 0. The molecule has 1 unspecified atom stereocenters. The molecular formula is C14H12FNO. The summed E-state index contributed by atoms with van der Waals surface area (Å²) < 4.78 is 18.6. The van der Waals surface area contributed by atoms with Crippen LogP contribution in [-0.2, 0) is 0 Å². The maximum atomic E-state index is 12.9. The van der Waals surface area contributed by atoms with Crippen molar-refractivity contribution < 1.29 is 9.13 Å². The maximum Gasteiger partial charge on any atom is 0.149 e. The molecule has 0 spiro atoms. The molecule has 2 nitrogen and oxygen atoms in total. The lowest BCUT2D eigenvalue weighted by molar-refractivity contribution is 0.337. The van der Waals surface area contributed by atoms with E-state index in [1.165, 1.54) is 17.7 Å². The molecule has 0 fully saturated rings. The molecule has 0 saturated heterocycles. The van der Waals surface area contributed by atoms with Gasteiger partial charge in [-0.3, -0.25) is 4.98 Å². The molecule has 2 heterocycles.